The Labute approximate surface area is 251 Å². The Balaban J connectivity index is 1.54. The van der Waals surface area contributed by atoms with Crippen LogP contribution in [0.25, 0.3) is 6.08 Å². The van der Waals surface area contributed by atoms with Crippen LogP contribution in [0.15, 0.2) is 97.2 Å². The summed E-state index contributed by atoms with van der Waals surface area (Å²) in [5.41, 5.74) is 2.23. The maximum absolute atomic E-state index is 14.7. The van der Waals surface area contributed by atoms with Crippen LogP contribution in [0.1, 0.15) is 43.4 Å². The molecule has 0 saturated carbocycles. The monoisotopic (exact) mass is 598 g/mol. The summed E-state index contributed by atoms with van der Waals surface area (Å²) in [6.45, 7) is 0. The molecule has 1 spiro atoms. The van der Waals surface area contributed by atoms with Crippen LogP contribution >= 0.6 is 34.8 Å². The van der Waals surface area contributed by atoms with E-state index < -0.39 is 23.4 Å². The summed E-state index contributed by atoms with van der Waals surface area (Å²) >= 11 is 18.9. The van der Waals surface area contributed by atoms with E-state index in [1.807, 2.05) is 65.7 Å². The molecule has 0 unspecified atom stereocenters. The smallest absolute Gasteiger partial charge is 0.238 e. The second-order valence-corrected chi connectivity index (χ2v) is 11.7. The molecule has 1 fully saturated rings. The third kappa shape index (κ3) is 3.73. The fourth-order valence-electron chi connectivity index (χ4n) is 6.81. The average molecular weight is 600 g/mol. The first-order valence-electron chi connectivity index (χ1n) is 13.1. The molecule has 4 atom stereocenters. The van der Waals surface area contributed by atoms with Crippen LogP contribution in [0.2, 0.25) is 15.1 Å². The maximum atomic E-state index is 14.7. The van der Waals surface area contributed by atoms with Gasteiger partial charge >= 0.3 is 0 Å². The number of carbonyl (C=O) groups excluding carboxylic acids is 3. The van der Waals surface area contributed by atoms with Gasteiger partial charge in [0.1, 0.15) is 11.5 Å². The van der Waals surface area contributed by atoms with Gasteiger partial charge in [-0.3, -0.25) is 14.4 Å². The Bertz CT molecular complexity index is 1800. The van der Waals surface area contributed by atoms with E-state index in [0.29, 0.717) is 26.9 Å². The number of halogens is 3. The zero-order valence-corrected chi connectivity index (χ0v) is 23.6. The molecular weight excluding hydrogens is 579 g/mol. The first kappa shape index (κ1) is 26.0. The molecule has 3 aliphatic rings. The van der Waals surface area contributed by atoms with E-state index in [9.17, 15) is 14.4 Å². The standard InChI is InChI=1S/C33H21Cl3N2O3/c34-20-11-9-19(10-12-20)29(39)27-28(30(40)23-14-13-21(35)17-25(23)36)38-16-15-18-5-1-2-6-22(18)31(38)33(27)24-7-3-4-8-26(24)37-32(33)41/h1-17,27-28,31H,(H,37,41)/t27-,28+,31+,33-/m1/s1. The van der Waals surface area contributed by atoms with E-state index in [0.717, 1.165) is 11.1 Å². The second-order valence-electron chi connectivity index (χ2n) is 10.4. The minimum atomic E-state index is -1.42. The Morgan fingerprint density at radius 1 is 0.805 bits per heavy atom. The van der Waals surface area contributed by atoms with Gasteiger partial charge in [-0.1, -0.05) is 77.3 Å². The highest BCUT2D eigenvalue weighted by Crippen LogP contribution is 2.62. The quantitative estimate of drug-likeness (QED) is 0.245. The van der Waals surface area contributed by atoms with E-state index >= 15 is 0 Å². The zero-order valence-electron chi connectivity index (χ0n) is 21.4. The molecule has 8 heteroatoms. The lowest BCUT2D eigenvalue weighted by molar-refractivity contribution is -0.122. The fraction of sp³-hybridized carbons (Fsp3) is 0.121. The number of hydrogen-bond acceptors (Lipinski definition) is 4. The Morgan fingerprint density at radius 3 is 2.29 bits per heavy atom. The van der Waals surface area contributed by atoms with Crippen LogP contribution < -0.4 is 5.32 Å². The van der Waals surface area contributed by atoms with Gasteiger partial charge in [0.05, 0.1) is 17.0 Å². The van der Waals surface area contributed by atoms with Crippen LogP contribution in [0.3, 0.4) is 0 Å². The van der Waals surface area contributed by atoms with Crippen molar-refractivity contribution in [2.24, 2.45) is 5.92 Å². The number of nitrogens with one attached hydrogen (secondary N) is 1. The number of hydrogen-bond donors (Lipinski definition) is 1. The van der Waals surface area contributed by atoms with Crippen molar-refractivity contribution in [2.75, 3.05) is 5.32 Å². The van der Waals surface area contributed by atoms with Gasteiger partial charge < -0.3 is 10.2 Å². The molecular formula is C33H21Cl3N2O3. The van der Waals surface area contributed by atoms with Crippen molar-refractivity contribution in [1.29, 1.82) is 0 Å². The van der Waals surface area contributed by atoms with E-state index in [1.54, 1.807) is 36.4 Å². The lowest BCUT2D eigenvalue weighted by Crippen LogP contribution is -2.49. The van der Waals surface area contributed by atoms with Crippen molar-refractivity contribution in [3.05, 3.63) is 140 Å². The van der Waals surface area contributed by atoms with Crippen LogP contribution in [-0.4, -0.2) is 28.4 Å². The first-order chi connectivity index (χ1) is 19.8. The number of anilines is 1. The first-order valence-corrected chi connectivity index (χ1v) is 14.2. The maximum Gasteiger partial charge on any atom is 0.238 e. The number of Topliss-reactive ketones (excluding diaryl/α,β-unsaturated/α-hetero) is 2. The highest BCUT2D eigenvalue weighted by molar-refractivity contribution is 6.37. The number of ketones is 2. The molecule has 4 aromatic rings. The van der Waals surface area contributed by atoms with Gasteiger partial charge in [0, 0.05) is 33.1 Å². The summed E-state index contributed by atoms with van der Waals surface area (Å²) in [5.74, 6) is -2.14. The third-order valence-electron chi connectivity index (χ3n) is 8.45. The van der Waals surface area contributed by atoms with E-state index in [-0.39, 0.29) is 28.1 Å². The highest BCUT2D eigenvalue weighted by atomic mass is 35.5. The van der Waals surface area contributed by atoms with Crippen molar-refractivity contribution in [3.8, 4) is 0 Å². The van der Waals surface area contributed by atoms with Gasteiger partial charge in [-0.05, 0) is 71.3 Å². The summed E-state index contributed by atoms with van der Waals surface area (Å²) in [7, 11) is 0. The molecule has 0 aliphatic carbocycles. The van der Waals surface area contributed by atoms with Crippen LogP contribution in [0.4, 0.5) is 5.69 Å². The molecule has 0 bridgehead atoms. The predicted molar refractivity (Wildman–Crippen MR) is 161 cm³/mol. The zero-order chi connectivity index (χ0) is 28.5. The number of para-hydroxylation sites is 1. The third-order valence-corrected chi connectivity index (χ3v) is 9.25. The van der Waals surface area contributed by atoms with Gasteiger partial charge in [0.25, 0.3) is 0 Å². The van der Waals surface area contributed by atoms with E-state index in [4.69, 9.17) is 34.8 Å². The van der Waals surface area contributed by atoms with E-state index in [1.165, 1.54) is 6.07 Å². The molecule has 0 radical (unpaired) electrons. The van der Waals surface area contributed by atoms with Gasteiger partial charge in [0.2, 0.25) is 5.91 Å². The number of rotatable bonds is 4. The van der Waals surface area contributed by atoms with Gasteiger partial charge in [-0.25, -0.2) is 0 Å². The highest BCUT2D eigenvalue weighted by Gasteiger charge is 2.70. The molecule has 1 saturated heterocycles. The van der Waals surface area contributed by atoms with Crippen molar-refractivity contribution in [1.82, 2.24) is 4.90 Å². The summed E-state index contributed by atoms with van der Waals surface area (Å²) in [5, 5.41) is 4.08. The van der Waals surface area contributed by atoms with Crippen molar-refractivity contribution in [2.45, 2.75) is 17.5 Å². The summed E-state index contributed by atoms with van der Waals surface area (Å²) in [4.78, 5) is 45.6. The average Bonchev–Trinajstić information content (AvgIpc) is 3.45. The molecule has 1 N–H and O–H groups in total. The summed E-state index contributed by atoms with van der Waals surface area (Å²) < 4.78 is 0. The van der Waals surface area contributed by atoms with Gasteiger partial charge in [-0.15, -0.1) is 0 Å². The number of nitrogens with zero attached hydrogens (tertiary/aromatic N) is 1. The number of benzene rings is 4. The molecule has 7 rings (SSSR count). The Morgan fingerprint density at radius 2 is 1.51 bits per heavy atom. The Hall–Kier alpha value is -3.90. The summed E-state index contributed by atoms with van der Waals surface area (Å²) in [6, 6.07) is 24.7. The van der Waals surface area contributed by atoms with Crippen LogP contribution in [0.5, 0.6) is 0 Å². The summed E-state index contributed by atoms with van der Waals surface area (Å²) in [6.07, 6.45) is 3.74. The lowest BCUT2D eigenvalue weighted by Gasteiger charge is -2.38. The van der Waals surface area contributed by atoms with Crippen LogP contribution in [0, 0.1) is 5.92 Å². The molecule has 0 aromatic heterocycles. The number of amides is 1. The Kier molecular flexibility index (Phi) is 6.09. The second kappa shape index (κ2) is 9.59. The predicted octanol–water partition coefficient (Wildman–Crippen LogP) is 7.63. The topological polar surface area (TPSA) is 66.5 Å². The van der Waals surface area contributed by atoms with Crippen molar-refractivity contribution in [3.63, 3.8) is 0 Å². The molecule has 1 amide bonds. The van der Waals surface area contributed by atoms with Crippen molar-refractivity contribution >= 4 is 64.0 Å². The van der Waals surface area contributed by atoms with Gasteiger partial charge in [0.15, 0.2) is 11.6 Å². The number of fused-ring (bicyclic) bond motifs is 6. The van der Waals surface area contributed by atoms with Crippen molar-refractivity contribution < 1.29 is 14.4 Å². The minimum absolute atomic E-state index is 0.176. The normalized spacial score (nSPS) is 23.6. The minimum Gasteiger partial charge on any atom is -0.358 e. The molecule has 3 aliphatic heterocycles. The fourth-order valence-corrected chi connectivity index (χ4v) is 7.44. The van der Waals surface area contributed by atoms with E-state index in [2.05, 4.69) is 5.32 Å². The molecule has 3 heterocycles. The van der Waals surface area contributed by atoms with Crippen LogP contribution in [-0.2, 0) is 10.2 Å². The number of carbonyl (C=O) groups is 3. The largest absolute Gasteiger partial charge is 0.358 e. The lowest BCUT2D eigenvalue weighted by atomic mass is 9.62. The molecule has 4 aromatic carbocycles. The molecule has 5 nitrogen and oxygen atoms in total. The SMILES string of the molecule is O=C(c1ccc(Cl)cc1Cl)[C@@H]1[C@H](C(=O)c2ccc(Cl)cc2)[C@@]2(C(=O)Nc3ccccc32)[C@@H]2c3ccccc3C=CN12. The molecule has 202 valence electrons. The molecule has 41 heavy (non-hydrogen) atoms. The van der Waals surface area contributed by atoms with Gasteiger partial charge in [-0.2, -0.15) is 0 Å².